The molecule has 8 heteroatoms. The summed E-state index contributed by atoms with van der Waals surface area (Å²) in [5.74, 6) is 1.40. The van der Waals surface area contributed by atoms with Crippen LogP contribution >= 0.6 is 0 Å². The maximum absolute atomic E-state index is 12.7. The Balaban J connectivity index is 1.38. The Hall–Kier alpha value is -2.22. The van der Waals surface area contributed by atoms with Crippen molar-refractivity contribution < 1.29 is 9.32 Å². The Kier molecular flexibility index (Phi) is 5.01. The van der Waals surface area contributed by atoms with Crippen molar-refractivity contribution in [2.24, 2.45) is 5.92 Å². The molecule has 2 aromatic heterocycles. The van der Waals surface area contributed by atoms with Gasteiger partial charge in [-0.1, -0.05) is 10.4 Å². The van der Waals surface area contributed by atoms with Crippen LogP contribution in [-0.4, -0.2) is 51.1 Å². The normalized spacial score (nSPS) is 20.0. The average Bonchev–Trinajstić information content (AvgIpc) is 3.29. The molecule has 1 unspecified atom stereocenters. The minimum Gasteiger partial charge on any atom is -0.361 e. The van der Waals surface area contributed by atoms with Gasteiger partial charge in [-0.25, -0.2) is 0 Å². The number of hydrogen-bond acceptors (Lipinski definition) is 6. The molecule has 0 saturated carbocycles. The van der Waals surface area contributed by atoms with Gasteiger partial charge in [-0.15, -0.1) is 5.10 Å². The summed E-state index contributed by atoms with van der Waals surface area (Å²) in [6.45, 7) is 3.33. The summed E-state index contributed by atoms with van der Waals surface area (Å²) >= 11 is 0. The minimum atomic E-state index is -0.134. The van der Waals surface area contributed by atoms with E-state index in [2.05, 4.69) is 20.8 Å². The topological polar surface area (TPSA) is 89.1 Å². The molecule has 1 aliphatic carbocycles. The lowest BCUT2D eigenvalue weighted by Crippen LogP contribution is -2.32. The zero-order valence-corrected chi connectivity index (χ0v) is 15.3. The first-order valence-electron chi connectivity index (χ1n) is 9.53. The van der Waals surface area contributed by atoms with E-state index < -0.39 is 0 Å². The number of carbonyl (C=O) groups excluding carboxylic acids is 1. The van der Waals surface area contributed by atoms with E-state index in [4.69, 9.17) is 4.52 Å². The maximum atomic E-state index is 12.7. The van der Waals surface area contributed by atoms with Crippen LogP contribution in [0.5, 0.6) is 0 Å². The first-order chi connectivity index (χ1) is 12.7. The second-order valence-corrected chi connectivity index (χ2v) is 7.44. The zero-order chi connectivity index (χ0) is 17.9. The van der Waals surface area contributed by atoms with Crippen molar-refractivity contribution in [2.45, 2.75) is 51.6 Å². The van der Waals surface area contributed by atoms with Crippen LogP contribution in [0.1, 0.15) is 53.2 Å². The third-order valence-electron chi connectivity index (χ3n) is 5.37. The van der Waals surface area contributed by atoms with Gasteiger partial charge in [0.15, 0.2) is 5.69 Å². The monoisotopic (exact) mass is 358 g/mol. The Labute approximate surface area is 152 Å². The summed E-state index contributed by atoms with van der Waals surface area (Å²) in [5, 5.41) is 15.8. The van der Waals surface area contributed by atoms with Crippen LogP contribution < -0.4 is 5.32 Å². The van der Waals surface area contributed by atoms with Crippen LogP contribution in [0.3, 0.4) is 0 Å². The molecule has 140 valence electrons. The van der Waals surface area contributed by atoms with E-state index in [0.717, 1.165) is 56.8 Å². The quantitative estimate of drug-likeness (QED) is 0.869. The zero-order valence-electron chi connectivity index (χ0n) is 15.3. The predicted molar refractivity (Wildman–Crippen MR) is 94.6 cm³/mol. The predicted octanol–water partition coefficient (Wildman–Crippen LogP) is 1.42. The highest BCUT2D eigenvalue weighted by Crippen LogP contribution is 2.25. The molecule has 0 radical (unpaired) electrons. The van der Waals surface area contributed by atoms with Crippen molar-refractivity contribution in [2.75, 3.05) is 20.1 Å². The van der Waals surface area contributed by atoms with Crippen LogP contribution in [0.4, 0.5) is 0 Å². The van der Waals surface area contributed by atoms with Crippen LogP contribution in [0.15, 0.2) is 10.7 Å². The molecule has 1 amide bonds. The summed E-state index contributed by atoms with van der Waals surface area (Å²) in [5.41, 5.74) is 2.44. The number of fused-ring (bicyclic) bond motifs is 1. The molecular formula is C18H26N6O2. The molecule has 2 aliphatic rings. The van der Waals surface area contributed by atoms with E-state index in [0.29, 0.717) is 18.2 Å². The Morgan fingerprint density at radius 3 is 3.12 bits per heavy atom. The first-order valence-corrected chi connectivity index (χ1v) is 9.53. The van der Waals surface area contributed by atoms with E-state index in [1.165, 1.54) is 18.4 Å². The number of carbonyl (C=O) groups is 1. The Morgan fingerprint density at radius 2 is 2.27 bits per heavy atom. The molecule has 4 rings (SSSR count). The van der Waals surface area contributed by atoms with Crippen LogP contribution in [0, 0.1) is 5.92 Å². The lowest BCUT2D eigenvalue weighted by molar-refractivity contribution is 0.0776. The SMILES string of the molecule is CN(Cc1noc2c1CCCC2)C(=O)c1cn(CC2CCCNC2)nn1. The molecule has 3 heterocycles. The maximum Gasteiger partial charge on any atom is 0.276 e. The van der Waals surface area contributed by atoms with E-state index >= 15 is 0 Å². The number of aryl methyl sites for hydroxylation is 1. The summed E-state index contributed by atoms with van der Waals surface area (Å²) in [6, 6.07) is 0. The molecule has 1 N–H and O–H groups in total. The Bertz CT molecular complexity index is 762. The van der Waals surface area contributed by atoms with Gasteiger partial charge in [-0.3, -0.25) is 9.48 Å². The van der Waals surface area contributed by atoms with Gasteiger partial charge in [-0.2, -0.15) is 0 Å². The third kappa shape index (κ3) is 3.65. The number of hydrogen-bond donors (Lipinski definition) is 1. The fourth-order valence-corrected chi connectivity index (χ4v) is 3.90. The first kappa shape index (κ1) is 17.2. The molecule has 1 saturated heterocycles. The van der Waals surface area contributed by atoms with Crippen molar-refractivity contribution in [3.8, 4) is 0 Å². The van der Waals surface area contributed by atoms with Gasteiger partial charge >= 0.3 is 0 Å². The minimum absolute atomic E-state index is 0.134. The van der Waals surface area contributed by atoms with Crippen molar-refractivity contribution in [1.29, 1.82) is 0 Å². The third-order valence-corrected chi connectivity index (χ3v) is 5.37. The smallest absolute Gasteiger partial charge is 0.276 e. The van der Waals surface area contributed by atoms with E-state index in [9.17, 15) is 4.79 Å². The average molecular weight is 358 g/mol. The molecule has 0 aromatic carbocycles. The lowest BCUT2D eigenvalue weighted by Gasteiger charge is -2.22. The summed E-state index contributed by atoms with van der Waals surface area (Å²) < 4.78 is 7.22. The lowest BCUT2D eigenvalue weighted by atomic mass is 9.96. The molecule has 1 fully saturated rings. The number of piperidine rings is 1. The van der Waals surface area contributed by atoms with Gasteiger partial charge < -0.3 is 14.7 Å². The van der Waals surface area contributed by atoms with Crippen molar-refractivity contribution in [3.63, 3.8) is 0 Å². The highest BCUT2D eigenvalue weighted by atomic mass is 16.5. The van der Waals surface area contributed by atoms with Crippen LogP contribution in [0.2, 0.25) is 0 Å². The number of nitrogens with one attached hydrogen (secondary N) is 1. The number of aromatic nitrogens is 4. The van der Waals surface area contributed by atoms with Crippen molar-refractivity contribution in [1.82, 2.24) is 30.4 Å². The van der Waals surface area contributed by atoms with Gasteiger partial charge in [0.05, 0.1) is 12.7 Å². The van der Waals surface area contributed by atoms with Gasteiger partial charge in [0.25, 0.3) is 5.91 Å². The van der Waals surface area contributed by atoms with Crippen LogP contribution in [-0.2, 0) is 25.9 Å². The number of amides is 1. The van der Waals surface area contributed by atoms with Gasteiger partial charge in [0.1, 0.15) is 11.5 Å². The van der Waals surface area contributed by atoms with Crippen LogP contribution in [0.25, 0.3) is 0 Å². The highest BCUT2D eigenvalue weighted by molar-refractivity contribution is 5.91. The van der Waals surface area contributed by atoms with E-state index in [1.54, 1.807) is 22.8 Å². The molecule has 8 nitrogen and oxygen atoms in total. The van der Waals surface area contributed by atoms with Gasteiger partial charge in [0.2, 0.25) is 0 Å². The fourth-order valence-electron chi connectivity index (χ4n) is 3.90. The van der Waals surface area contributed by atoms with E-state index in [1.807, 2.05) is 0 Å². The molecular weight excluding hydrogens is 332 g/mol. The summed E-state index contributed by atoms with van der Waals surface area (Å²) in [7, 11) is 1.77. The van der Waals surface area contributed by atoms with Crippen molar-refractivity contribution in [3.05, 3.63) is 28.9 Å². The molecule has 26 heavy (non-hydrogen) atoms. The van der Waals surface area contributed by atoms with Gasteiger partial charge in [0, 0.05) is 25.6 Å². The Morgan fingerprint density at radius 1 is 1.38 bits per heavy atom. The molecule has 1 aliphatic heterocycles. The molecule has 0 bridgehead atoms. The molecule has 0 spiro atoms. The fraction of sp³-hybridized carbons (Fsp3) is 0.667. The number of rotatable bonds is 5. The summed E-state index contributed by atoms with van der Waals surface area (Å²) in [6.07, 6.45) is 8.38. The van der Waals surface area contributed by atoms with Crippen molar-refractivity contribution >= 4 is 5.91 Å². The second-order valence-electron chi connectivity index (χ2n) is 7.44. The number of nitrogens with zero attached hydrogens (tertiary/aromatic N) is 5. The van der Waals surface area contributed by atoms with E-state index in [-0.39, 0.29) is 5.91 Å². The summed E-state index contributed by atoms with van der Waals surface area (Å²) in [4.78, 5) is 14.3. The molecule has 2 aromatic rings. The van der Waals surface area contributed by atoms with Gasteiger partial charge in [-0.05, 0) is 51.1 Å². The standard InChI is InChI=1S/C18H26N6O2/c1-23(11-15-14-6-2-3-7-17(14)26-21-15)18(25)16-12-24(22-20-16)10-13-5-4-8-19-9-13/h12-13,19H,2-11H2,1H3. The largest absolute Gasteiger partial charge is 0.361 e. The highest BCUT2D eigenvalue weighted by Gasteiger charge is 2.23. The molecule has 1 atom stereocenters. The second kappa shape index (κ2) is 7.57.